The van der Waals surface area contributed by atoms with Gasteiger partial charge >= 0.3 is 0 Å². The monoisotopic (exact) mass is 225 g/mol. The van der Waals surface area contributed by atoms with E-state index >= 15 is 0 Å². The molecule has 1 aromatic heterocycles. The molecule has 0 saturated carbocycles. The van der Waals surface area contributed by atoms with Crippen molar-refractivity contribution < 1.29 is 0 Å². The summed E-state index contributed by atoms with van der Waals surface area (Å²) in [6.07, 6.45) is 4.17. The third-order valence-corrected chi connectivity index (χ3v) is 3.12. The van der Waals surface area contributed by atoms with Gasteiger partial charge in [0, 0.05) is 25.8 Å². The number of nitrogens with zero attached hydrogens (tertiary/aromatic N) is 2. The molecule has 1 aliphatic heterocycles. The van der Waals surface area contributed by atoms with E-state index in [0.717, 1.165) is 18.9 Å². The summed E-state index contributed by atoms with van der Waals surface area (Å²) in [5, 5.41) is 4.09. The summed E-state index contributed by atoms with van der Waals surface area (Å²) >= 11 is 5.81. The molecule has 1 N–H and O–H groups in total. The average molecular weight is 226 g/mol. The van der Waals surface area contributed by atoms with Gasteiger partial charge in [0.25, 0.3) is 0 Å². The van der Waals surface area contributed by atoms with Crippen LogP contribution < -0.4 is 10.2 Å². The van der Waals surface area contributed by atoms with Gasteiger partial charge in [0.2, 0.25) is 0 Å². The fourth-order valence-electron chi connectivity index (χ4n) is 1.93. The molecule has 1 aromatic rings. The Labute approximate surface area is 95.4 Å². The number of halogens is 1. The average Bonchev–Trinajstić information content (AvgIpc) is 2.30. The zero-order valence-electron chi connectivity index (χ0n) is 8.91. The second-order valence-corrected chi connectivity index (χ2v) is 4.38. The van der Waals surface area contributed by atoms with E-state index in [1.807, 2.05) is 12.1 Å². The quantitative estimate of drug-likeness (QED) is 0.834. The van der Waals surface area contributed by atoms with Crippen LogP contribution in [0.3, 0.4) is 0 Å². The summed E-state index contributed by atoms with van der Waals surface area (Å²) in [7, 11) is 2.09. The Bertz CT molecular complexity index is 306. The Hall–Kier alpha value is -0.800. The molecule has 0 amide bonds. The van der Waals surface area contributed by atoms with E-state index in [4.69, 9.17) is 11.6 Å². The summed E-state index contributed by atoms with van der Waals surface area (Å²) in [5.74, 6) is 0.994. The summed E-state index contributed by atoms with van der Waals surface area (Å²) in [6.45, 7) is 2.18. The van der Waals surface area contributed by atoms with Gasteiger partial charge in [0.05, 0.1) is 5.02 Å². The van der Waals surface area contributed by atoms with E-state index < -0.39 is 0 Å². The molecule has 0 bridgehead atoms. The van der Waals surface area contributed by atoms with Crippen LogP contribution in [-0.4, -0.2) is 31.2 Å². The highest BCUT2D eigenvalue weighted by Gasteiger charge is 2.18. The summed E-state index contributed by atoms with van der Waals surface area (Å²) in [6, 6.07) is 4.40. The maximum atomic E-state index is 5.81. The van der Waals surface area contributed by atoms with E-state index in [1.54, 1.807) is 6.20 Å². The molecule has 1 atom stereocenters. The largest absolute Gasteiger partial charge is 0.355 e. The van der Waals surface area contributed by atoms with E-state index in [-0.39, 0.29) is 0 Å². The fraction of sp³-hybridized carbons (Fsp3) is 0.545. The zero-order chi connectivity index (χ0) is 10.7. The van der Waals surface area contributed by atoms with Crippen LogP contribution in [0.4, 0.5) is 5.82 Å². The first kappa shape index (κ1) is 10.7. The van der Waals surface area contributed by atoms with Gasteiger partial charge in [-0.3, -0.25) is 0 Å². The van der Waals surface area contributed by atoms with Crippen LogP contribution >= 0.6 is 11.6 Å². The number of nitrogens with one attached hydrogen (secondary N) is 1. The first-order valence-corrected chi connectivity index (χ1v) is 5.70. The molecule has 3 nitrogen and oxygen atoms in total. The van der Waals surface area contributed by atoms with Gasteiger partial charge in [-0.25, -0.2) is 4.98 Å². The Morgan fingerprint density at radius 3 is 3.00 bits per heavy atom. The van der Waals surface area contributed by atoms with Gasteiger partial charge in [0.1, 0.15) is 5.82 Å². The third kappa shape index (κ3) is 2.61. The van der Waals surface area contributed by atoms with E-state index in [1.165, 1.54) is 12.8 Å². The second-order valence-electron chi connectivity index (χ2n) is 3.95. The number of rotatable bonds is 2. The van der Waals surface area contributed by atoms with E-state index in [0.29, 0.717) is 11.1 Å². The van der Waals surface area contributed by atoms with Gasteiger partial charge < -0.3 is 10.2 Å². The molecule has 82 valence electrons. The van der Waals surface area contributed by atoms with Crippen molar-refractivity contribution in [2.45, 2.75) is 18.9 Å². The van der Waals surface area contributed by atoms with Crippen molar-refractivity contribution in [3.05, 3.63) is 23.4 Å². The first-order valence-electron chi connectivity index (χ1n) is 5.32. The molecule has 1 aliphatic rings. The molecule has 4 heteroatoms. The molecule has 1 saturated heterocycles. The number of piperidine rings is 1. The highest BCUT2D eigenvalue weighted by atomic mass is 35.5. The summed E-state index contributed by atoms with van der Waals surface area (Å²) in [5.41, 5.74) is 0. The molecule has 0 spiro atoms. The molecule has 0 radical (unpaired) electrons. The van der Waals surface area contributed by atoms with Crippen LogP contribution in [0.25, 0.3) is 0 Å². The Balaban J connectivity index is 2.05. The standard InChI is InChI=1S/C11H16ClN3/c1-15(10-3-2-6-13-8-10)11-5-4-9(12)7-14-11/h4-5,7,10,13H,2-3,6,8H2,1H3. The summed E-state index contributed by atoms with van der Waals surface area (Å²) < 4.78 is 0. The minimum atomic E-state index is 0.549. The normalized spacial score (nSPS) is 21.3. The maximum Gasteiger partial charge on any atom is 0.128 e. The molecule has 2 heterocycles. The fourth-order valence-corrected chi connectivity index (χ4v) is 2.04. The van der Waals surface area contributed by atoms with Crippen molar-refractivity contribution in [2.75, 3.05) is 25.0 Å². The number of aromatic nitrogens is 1. The zero-order valence-corrected chi connectivity index (χ0v) is 9.67. The highest BCUT2D eigenvalue weighted by molar-refractivity contribution is 6.30. The number of hydrogen-bond donors (Lipinski definition) is 1. The second kappa shape index (κ2) is 4.81. The Morgan fingerprint density at radius 1 is 1.53 bits per heavy atom. The van der Waals surface area contributed by atoms with Crippen molar-refractivity contribution in [2.24, 2.45) is 0 Å². The lowest BCUT2D eigenvalue weighted by molar-refractivity contribution is 0.443. The van der Waals surface area contributed by atoms with Gasteiger partial charge in [-0.1, -0.05) is 11.6 Å². The van der Waals surface area contributed by atoms with Gasteiger partial charge in [-0.05, 0) is 31.5 Å². The lowest BCUT2D eigenvalue weighted by atomic mass is 10.1. The van der Waals surface area contributed by atoms with Crippen LogP contribution in [0.1, 0.15) is 12.8 Å². The lowest BCUT2D eigenvalue weighted by Gasteiger charge is -2.32. The molecule has 0 aromatic carbocycles. The molecule has 1 unspecified atom stereocenters. The van der Waals surface area contributed by atoms with Crippen LogP contribution in [0.5, 0.6) is 0 Å². The first-order chi connectivity index (χ1) is 7.27. The van der Waals surface area contributed by atoms with Crippen molar-refractivity contribution in [1.82, 2.24) is 10.3 Å². The SMILES string of the molecule is CN(c1ccc(Cl)cn1)C1CCCNC1. The van der Waals surface area contributed by atoms with Crippen molar-refractivity contribution in [1.29, 1.82) is 0 Å². The predicted molar refractivity (Wildman–Crippen MR) is 63.5 cm³/mol. The van der Waals surface area contributed by atoms with Crippen LogP contribution in [0.15, 0.2) is 18.3 Å². The van der Waals surface area contributed by atoms with E-state index in [9.17, 15) is 0 Å². The molecule has 15 heavy (non-hydrogen) atoms. The number of likely N-dealkylation sites (N-methyl/N-ethyl adjacent to an activating group) is 1. The van der Waals surface area contributed by atoms with Crippen molar-refractivity contribution in [3.63, 3.8) is 0 Å². The number of anilines is 1. The predicted octanol–water partition coefficient (Wildman–Crippen LogP) is 1.92. The minimum absolute atomic E-state index is 0.549. The summed E-state index contributed by atoms with van der Waals surface area (Å²) in [4.78, 5) is 6.54. The third-order valence-electron chi connectivity index (χ3n) is 2.89. The minimum Gasteiger partial charge on any atom is -0.355 e. The smallest absolute Gasteiger partial charge is 0.128 e. The highest BCUT2D eigenvalue weighted by Crippen LogP contribution is 2.18. The number of hydrogen-bond acceptors (Lipinski definition) is 3. The molecular weight excluding hydrogens is 210 g/mol. The maximum absolute atomic E-state index is 5.81. The molecular formula is C11H16ClN3. The van der Waals surface area contributed by atoms with Gasteiger partial charge in [0.15, 0.2) is 0 Å². The van der Waals surface area contributed by atoms with Crippen molar-refractivity contribution >= 4 is 17.4 Å². The van der Waals surface area contributed by atoms with Crippen LogP contribution in [0, 0.1) is 0 Å². The Kier molecular flexibility index (Phi) is 3.44. The lowest BCUT2D eigenvalue weighted by Crippen LogP contribution is -2.44. The number of pyridine rings is 1. The topological polar surface area (TPSA) is 28.2 Å². The molecule has 1 fully saturated rings. The van der Waals surface area contributed by atoms with Crippen molar-refractivity contribution in [3.8, 4) is 0 Å². The van der Waals surface area contributed by atoms with Crippen LogP contribution in [-0.2, 0) is 0 Å². The molecule has 2 rings (SSSR count). The Morgan fingerprint density at radius 2 is 2.40 bits per heavy atom. The van der Waals surface area contributed by atoms with E-state index in [2.05, 4.69) is 22.2 Å². The van der Waals surface area contributed by atoms with Crippen LogP contribution in [0.2, 0.25) is 5.02 Å². The van der Waals surface area contributed by atoms with Gasteiger partial charge in [-0.15, -0.1) is 0 Å². The van der Waals surface area contributed by atoms with Gasteiger partial charge in [-0.2, -0.15) is 0 Å². The molecule has 0 aliphatic carbocycles.